The molecule has 3 aromatic rings. The van der Waals surface area contributed by atoms with Crippen molar-refractivity contribution in [3.63, 3.8) is 0 Å². The van der Waals surface area contributed by atoms with E-state index in [9.17, 15) is 9.59 Å². The summed E-state index contributed by atoms with van der Waals surface area (Å²) in [5, 5.41) is 15.3. The minimum atomic E-state index is -0.290. The molecule has 2 amide bonds. The minimum absolute atomic E-state index is 0.0724. The summed E-state index contributed by atoms with van der Waals surface area (Å²) in [7, 11) is 0. The number of nitrogens with zero attached hydrogens (tertiary/aromatic N) is 2. The van der Waals surface area contributed by atoms with E-state index in [1.54, 1.807) is 6.07 Å². The Bertz CT molecular complexity index is 992. The topological polar surface area (TPSA) is 84.0 Å². The van der Waals surface area contributed by atoms with Crippen molar-refractivity contribution in [1.29, 1.82) is 0 Å². The second-order valence-corrected chi connectivity index (χ2v) is 8.70. The van der Waals surface area contributed by atoms with Crippen LogP contribution in [0.15, 0.2) is 48.5 Å². The summed E-state index contributed by atoms with van der Waals surface area (Å²) in [5.74, 6) is 0.448. The molecule has 150 valence electrons. The summed E-state index contributed by atoms with van der Waals surface area (Å²) in [5.41, 5.74) is 2.78. The number of amides is 2. The highest BCUT2D eigenvalue weighted by Crippen LogP contribution is 2.18. The van der Waals surface area contributed by atoms with Gasteiger partial charge < -0.3 is 10.6 Å². The first-order valence-electron chi connectivity index (χ1n) is 8.79. The lowest BCUT2D eigenvalue weighted by Gasteiger charge is -2.05. The zero-order valence-electron chi connectivity index (χ0n) is 15.6. The second-order valence-electron chi connectivity index (χ2n) is 6.22. The van der Waals surface area contributed by atoms with Crippen molar-refractivity contribution in [3.8, 4) is 0 Å². The van der Waals surface area contributed by atoms with E-state index in [0.717, 1.165) is 11.1 Å². The molecule has 0 bridgehead atoms. The molecule has 0 aliphatic rings. The van der Waals surface area contributed by atoms with E-state index in [0.29, 0.717) is 38.8 Å². The molecule has 29 heavy (non-hydrogen) atoms. The van der Waals surface area contributed by atoms with Gasteiger partial charge in [0.15, 0.2) is 0 Å². The molecule has 2 N–H and O–H groups in total. The van der Waals surface area contributed by atoms with Crippen LogP contribution < -0.4 is 10.6 Å². The highest BCUT2D eigenvalue weighted by Gasteiger charge is 2.13. The molecule has 0 aliphatic carbocycles. The standard InChI is InChI=1S/C20H19ClN4O2S2/c1-13-5-7-16(8-6-13)23-19(27)20-25-24-18(29-20)12-28-11-17(26)22-10-14-3-2-4-15(21)9-14/h2-9H,10-12H2,1H3,(H,22,26)(H,23,27). The molecule has 0 fully saturated rings. The first-order chi connectivity index (χ1) is 14.0. The molecule has 2 aromatic carbocycles. The number of rotatable bonds is 8. The monoisotopic (exact) mass is 446 g/mol. The van der Waals surface area contributed by atoms with Gasteiger partial charge in [-0.25, -0.2) is 0 Å². The van der Waals surface area contributed by atoms with E-state index in [-0.39, 0.29) is 11.8 Å². The van der Waals surface area contributed by atoms with Crippen LogP contribution in [0.5, 0.6) is 0 Å². The van der Waals surface area contributed by atoms with Crippen LogP contribution >= 0.6 is 34.7 Å². The van der Waals surface area contributed by atoms with E-state index in [2.05, 4.69) is 20.8 Å². The Hall–Kier alpha value is -2.42. The lowest BCUT2D eigenvalue weighted by Crippen LogP contribution is -2.24. The van der Waals surface area contributed by atoms with E-state index in [1.165, 1.54) is 23.1 Å². The maximum Gasteiger partial charge on any atom is 0.286 e. The molecule has 1 aromatic heterocycles. The molecule has 0 spiro atoms. The molecule has 9 heteroatoms. The molecule has 1 heterocycles. The van der Waals surface area contributed by atoms with Crippen LogP contribution in [-0.2, 0) is 17.1 Å². The van der Waals surface area contributed by atoms with Crippen LogP contribution in [-0.4, -0.2) is 27.8 Å². The quantitative estimate of drug-likeness (QED) is 0.538. The zero-order chi connectivity index (χ0) is 20.6. The van der Waals surface area contributed by atoms with Gasteiger partial charge in [0.1, 0.15) is 5.01 Å². The molecule has 0 saturated carbocycles. The number of thioether (sulfide) groups is 1. The van der Waals surface area contributed by atoms with Crippen LogP contribution in [0, 0.1) is 6.92 Å². The zero-order valence-corrected chi connectivity index (χ0v) is 18.0. The largest absolute Gasteiger partial charge is 0.351 e. The summed E-state index contributed by atoms with van der Waals surface area (Å²) in [6.45, 7) is 2.42. The number of benzene rings is 2. The van der Waals surface area contributed by atoms with Crippen molar-refractivity contribution in [3.05, 3.63) is 74.7 Å². The van der Waals surface area contributed by atoms with Crippen molar-refractivity contribution < 1.29 is 9.59 Å². The van der Waals surface area contributed by atoms with Gasteiger partial charge in [-0.3, -0.25) is 9.59 Å². The molecular formula is C20H19ClN4O2S2. The van der Waals surface area contributed by atoms with Gasteiger partial charge in [-0.1, -0.05) is 52.8 Å². The van der Waals surface area contributed by atoms with Crippen molar-refractivity contribution in [2.45, 2.75) is 19.2 Å². The molecule has 3 rings (SSSR count). The fourth-order valence-electron chi connectivity index (χ4n) is 2.35. The third kappa shape index (κ3) is 6.85. The maximum atomic E-state index is 12.3. The highest BCUT2D eigenvalue weighted by molar-refractivity contribution is 7.99. The number of nitrogens with one attached hydrogen (secondary N) is 2. The summed E-state index contributed by atoms with van der Waals surface area (Å²) in [4.78, 5) is 24.2. The van der Waals surface area contributed by atoms with E-state index < -0.39 is 0 Å². The van der Waals surface area contributed by atoms with Crippen LogP contribution in [0.25, 0.3) is 0 Å². The number of hydrogen-bond acceptors (Lipinski definition) is 6. The first-order valence-corrected chi connectivity index (χ1v) is 11.1. The fraction of sp³-hybridized carbons (Fsp3) is 0.200. The van der Waals surface area contributed by atoms with Gasteiger partial charge >= 0.3 is 0 Å². The van der Waals surface area contributed by atoms with Gasteiger partial charge in [0.25, 0.3) is 5.91 Å². The molecule has 6 nitrogen and oxygen atoms in total. The predicted molar refractivity (Wildman–Crippen MR) is 119 cm³/mol. The number of anilines is 1. The number of aromatic nitrogens is 2. The lowest BCUT2D eigenvalue weighted by molar-refractivity contribution is -0.118. The van der Waals surface area contributed by atoms with Crippen LogP contribution in [0.1, 0.15) is 25.9 Å². The summed E-state index contributed by atoms with van der Waals surface area (Å²) >= 11 is 8.58. The number of halogens is 1. The van der Waals surface area contributed by atoms with E-state index in [4.69, 9.17) is 11.6 Å². The molecular weight excluding hydrogens is 428 g/mol. The molecule has 0 atom stereocenters. The number of hydrogen-bond donors (Lipinski definition) is 2. The van der Waals surface area contributed by atoms with Crippen molar-refractivity contribution in [2.75, 3.05) is 11.1 Å². The molecule has 0 saturated heterocycles. The Morgan fingerprint density at radius 1 is 1.14 bits per heavy atom. The Balaban J connectivity index is 1.41. The maximum absolute atomic E-state index is 12.3. The van der Waals surface area contributed by atoms with E-state index in [1.807, 2.05) is 49.4 Å². The second kappa shape index (κ2) is 10.4. The molecule has 0 unspecified atom stereocenters. The third-order valence-corrected chi connectivity index (χ3v) is 6.09. The number of carbonyl (C=O) groups is 2. The Morgan fingerprint density at radius 3 is 2.69 bits per heavy atom. The Labute approximate surface area is 182 Å². The number of aryl methyl sites for hydroxylation is 1. The first kappa shape index (κ1) is 21.3. The lowest BCUT2D eigenvalue weighted by atomic mass is 10.2. The van der Waals surface area contributed by atoms with Gasteiger partial charge in [0, 0.05) is 23.0 Å². The Morgan fingerprint density at radius 2 is 1.93 bits per heavy atom. The van der Waals surface area contributed by atoms with Crippen molar-refractivity contribution >= 4 is 52.2 Å². The average molecular weight is 447 g/mol. The van der Waals surface area contributed by atoms with Crippen LogP contribution in [0.3, 0.4) is 0 Å². The summed E-state index contributed by atoms with van der Waals surface area (Å²) < 4.78 is 0. The van der Waals surface area contributed by atoms with Crippen LogP contribution in [0.2, 0.25) is 5.02 Å². The van der Waals surface area contributed by atoms with Crippen molar-refractivity contribution in [1.82, 2.24) is 15.5 Å². The van der Waals surface area contributed by atoms with Gasteiger partial charge in [0.05, 0.1) is 5.75 Å². The average Bonchev–Trinajstić information content (AvgIpc) is 3.17. The molecule has 0 aliphatic heterocycles. The highest BCUT2D eigenvalue weighted by atomic mass is 35.5. The predicted octanol–water partition coefficient (Wildman–Crippen LogP) is 4.30. The Kier molecular flexibility index (Phi) is 7.62. The third-order valence-electron chi connectivity index (χ3n) is 3.81. The van der Waals surface area contributed by atoms with Gasteiger partial charge in [-0.2, -0.15) is 0 Å². The fourth-order valence-corrected chi connectivity index (χ4v) is 4.21. The number of carbonyl (C=O) groups excluding carboxylic acids is 2. The minimum Gasteiger partial charge on any atom is -0.351 e. The van der Waals surface area contributed by atoms with Gasteiger partial charge in [0.2, 0.25) is 10.9 Å². The van der Waals surface area contributed by atoms with E-state index >= 15 is 0 Å². The van der Waals surface area contributed by atoms with Crippen molar-refractivity contribution in [2.24, 2.45) is 0 Å². The summed E-state index contributed by atoms with van der Waals surface area (Å²) in [6.07, 6.45) is 0. The summed E-state index contributed by atoms with van der Waals surface area (Å²) in [6, 6.07) is 14.9. The van der Waals surface area contributed by atoms with Gasteiger partial charge in [-0.15, -0.1) is 22.0 Å². The smallest absolute Gasteiger partial charge is 0.286 e. The normalized spacial score (nSPS) is 10.6. The van der Waals surface area contributed by atoms with Gasteiger partial charge in [-0.05, 0) is 36.8 Å². The van der Waals surface area contributed by atoms with Crippen LogP contribution in [0.4, 0.5) is 5.69 Å². The SMILES string of the molecule is Cc1ccc(NC(=O)c2nnc(CSCC(=O)NCc3cccc(Cl)c3)s2)cc1. The molecule has 0 radical (unpaired) electrons.